The van der Waals surface area contributed by atoms with Gasteiger partial charge in [-0.25, -0.2) is 0 Å². The van der Waals surface area contributed by atoms with Gasteiger partial charge in [0.15, 0.2) is 5.82 Å². The van der Waals surface area contributed by atoms with Crippen molar-refractivity contribution in [1.29, 1.82) is 0 Å². The zero-order valence-corrected chi connectivity index (χ0v) is 14.4. The van der Waals surface area contributed by atoms with Crippen LogP contribution in [-0.4, -0.2) is 25.0 Å². The second kappa shape index (κ2) is 7.06. The number of alkyl halides is 2. The Hall–Kier alpha value is -3.42. The van der Waals surface area contributed by atoms with E-state index in [0.29, 0.717) is 12.0 Å². The molecule has 0 N–H and O–H groups in total. The maximum absolute atomic E-state index is 12.6. The molecule has 6 nitrogen and oxygen atoms in total. The predicted octanol–water partition coefficient (Wildman–Crippen LogP) is 4.06. The lowest BCUT2D eigenvalue weighted by Crippen LogP contribution is -2.00. The molecule has 136 valence electrons. The molecular weight excluding hydrogens is 352 g/mol. The lowest BCUT2D eigenvalue weighted by Gasteiger charge is -2.05. The van der Waals surface area contributed by atoms with Gasteiger partial charge in [-0.1, -0.05) is 42.5 Å². The molecule has 0 saturated heterocycles. The predicted molar refractivity (Wildman–Crippen MR) is 93.9 cm³/mol. The van der Waals surface area contributed by atoms with Crippen molar-refractivity contribution in [3.63, 3.8) is 0 Å². The fourth-order valence-electron chi connectivity index (χ4n) is 2.74. The first-order chi connectivity index (χ1) is 13.1. The Kier molecular flexibility index (Phi) is 4.45. The van der Waals surface area contributed by atoms with E-state index in [4.69, 9.17) is 4.42 Å². The molecule has 27 heavy (non-hydrogen) atoms. The van der Waals surface area contributed by atoms with Gasteiger partial charge in [-0.2, -0.15) is 8.78 Å². The van der Waals surface area contributed by atoms with Crippen molar-refractivity contribution in [3.8, 4) is 22.8 Å². The molecule has 2 aromatic carbocycles. The SMILES string of the molecule is Cn1c(Cc2ccc(-c3nnc(C(F)F)o3)cc2)nnc1-c1ccccc1. The first-order valence-electron chi connectivity index (χ1n) is 8.26. The summed E-state index contributed by atoms with van der Waals surface area (Å²) >= 11 is 0. The fourth-order valence-corrected chi connectivity index (χ4v) is 2.74. The van der Waals surface area contributed by atoms with Crippen LogP contribution < -0.4 is 0 Å². The molecule has 0 unspecified atom stereocenters. The van der Waals surface area contributed by atoms with Crippen molar-refractivity contribution < 1.29 is 13.2 Å². The third-order valence-corrected chi connectivity index (χ3v) is 4.19. The van der Waals surface area contributed by atoms with E-state index in [-0.39, 0.29) is 5.89 Å². The third kappa shape index (κ3) is 3.46. The largest absolute Gasteiger partial charge is 0.415 e. The summed E-state index contributed by atoms with van der Waals surface area (Å²) in [5, 5.41) is 15.5. The van der Waals surface area contributed by atoms with Crippen molar-refractivity contribution >= 4 is 0 Å². The highest BCUT2D eigenvalue weighted by atomic mass is 19.3. The van der Waals surface area contributed by atoms with E-state index in [1.807, 2.05) is 54.1 Å². The third-order valence-electron chi connectivity index (χ3n) is 4.19. The van der Waals surface area contributed by atoms with Gasteiger partial charge in [-0.3, -0.25) is 0 Å². The molecule has 0 aliphatic carbocycles. The summed E-state index contributed by atoms with van der Waals surface area (Å²) in [6, 6.07) is 17.1. The molecular formula is C19H15F2N5O. The highest BCUT2D eigenvalue weighted by molar-refractivity contribution is 5.55. The highest BCUT2D eigenvalue weighted by Crippen LogP contribution is 2.24. The number of aromatic nitrogens is 5. The van der Waals surface area contributed by atoms with Crippen LogP contribution in [-0.2, 0) is 13.5 Å². The average Bonchev–Trinajstić information content (AvgIpc) is 3.31. The first-order valence-corrected chi connectivity index (χ1v) is 8.26. The topological polar surface area (TPSA) is 69.6 Å². The highest BCUT2D eigenvalue weighted by Gasteiger charge is 2.17. The van der Waals surface area contributed by atoms with Crippen molar-refractivity contribution in [2.45, 2.75) is 12.8 Å². The molecule has 8 heteroatoms. The number of benzene rings is 2. The summed E-state index contributed by atoms with van der Waals surface area (Å²) in [7, 11) is 1.93. The maximum atomic E-state index is 12.6. The van der Waals surface area contributed by atoms with Crippen LogP contribution in [0.5, 0.6) is 0 Å². The molecule has 2 heterocycles. The minimum Gasteiger partial charge on any atom is -0.415 e. The van der Waals surface area contributed by atoms with E-state index < -0.39 is 12.3 Å². The van der Waals surface area contributed by atoms with Crippen LogP contribution in [0.2, 0.25) is 0 Å². The smallest absolute Gasteiger partial charge is 0.314 e. The van der Waals surface area contributed by atoms with E-state index in [2.05, 4.69) is 20.4 Å². The van der Waals surface area contributed by atoms with Crippen LogP contribution in [0.4, 0.5) is 8.78 Å². The molecule has 0 bridgehead atoms. The van der Waals surface area contributed by atoms with Crippen molar-refractivity contribution in [1.82, 2.24) is 25.0 Å². The van der Waals surface area contributed by atoms with Gasteiger partial charge in [0.2, 0.25) is 5.89 Å². The summed E-state index contributed by atoms with van der Waals surface area (Å²) in [5.74, 6) is 1.01. The maximum Gasteiger partial charge on any atom is 0.314 e. The summed E-state index contributed by atoms with van der Waals surface area (Å²) in [4.78, 5) is 0. The van der Waals surface area contributed by atoms with Crippen LogP contribution in [0, 0.1) is 0 Å². The van der Waals surface area contributed by atoms with Gasteiger partial charge >= 0.3 is 6.43 Å². The quantitative estimate of drug-likeness (QED) is 0.532. The van der Waals surface area contributed by atoms with Crippen molar-refractivity contribution in [2.75, 3.05) is 0 Å². The summed E-state index contributed by atoms with van der Waals surface area (Å²) in [5.41, 5.74) is 2.59. The number of hydrogen-bond acceptors (Lipinski definition) is 5. The number of nitrogens with zero attached hydrogens (tertiary/aromatic N) is 5. The Morgan fingerprint density at radius 3 is 2.30 bits per heavy atom. The second-order valence-corrected chi connectivity index (χ2v) is 5.98. The minimum atomic E-state index is -2.78. The minimum absolute atomic E-state index is 0.0712. The van der Waals surface area contributed by atoms with Gasteiger partial charge in [-0.05, 0) is 17.7 Å². The van der Waals surface area contributed by atoms with E-state index in [1.165, 1.54) is 0 Å². The summed E-state index contributed by atoms with van der Waals surface area (Å²) in [6.07, 6.45) is -2.19. The molecule has 0 saturated carbocycles. The van der Waals surface area contributed by atoms with Gasteiger partial charge in [0.1, 0.15) is 5.82 Å². The summed E-state index contributed by atoms with van der Waals surface area (Å²) in [6.45, 7) is 0. The first kappa shape index (κ1) is 17.0. The zero-order valence-electron chi connectivity index (χ0n) is 14.4. The Morgan fingerprint density at radius 2 is 1.63 bits per heavy atom. The fraction of sp³-hybridized carbons (Fsp3) is 0.158. The molecule has 0 fully saturated rings. The van der Waals surface area contributed by atoms with Crippen LogP contribution >= 0.6 is 0 Å². The van der Waals surface area contributed by atoms with Gasteiger partial charge in [0.25, 0.3) is 5.89 Å². The molecule has 2 aromatic heterocycles. The van der Waals surface area contributed by atoms with E-state index >= 15 is 0 Å². The monoisotopic (exact) mass is 367 g/mol. The van der Waals surface area contributed by atoms with Crippen molar-refractivity contribution in [3.05, 3.63) is 71.9 Å². The number of hydrogen-bond donors (Lipinski definition) is 0. The molecule has 0 amide bonds. The van der Waals surface area contributed by atoms with E-state index in [0.717, 1.165) is 22.8 Å². The zero-order chi connectivity index (χ0) is 18.8. The van der Waals surface area contributed by atoms with Crippen LogP contribution in [0.3, 0.4) is 0 Å². The molecule has 4 rings (SSSR count). The molecule has 0 spiro atoms. The second-order valence-electron chi connectivity index (χ2n) is 5.98. The molecule has 4 aromatic rings. The molecule has 0 radical (unpaired) electrons. The van der Waals surface area contributed by atoms with Crippen LogP contribution in [0.15, 0.2) is 59.0 Å². The van der Waals surface area contributed by atoms with Gasteiger partial charge < -0.3 is 8.98 Å². The van der Waals surface area contributed by atoms with Crippen molar-refractivity contribution in [2.24, 2.45) is 7.05 Å². The number of rotatable bonds is 5. The van der Waals surface area contributed by atoms with Gasteiger partial charge in [0, 0.05) is 24.6 Å². The standard InChI is InChI=1S/C19H15F2N5O/c1-26-15(22-23-17(26)13-5-3-2-4-6-13)11-12-7-9-14(10-8-12)18-24-25-19(27-18)16(20)21/h2-10,16H,11H2,1H3. The molecule has 0 aliphatic heterocycles. The average molecular weight is 367 g/mol. The van der Waals surface area contributed by atoms with E-state index in [1.54, 1.807) is 12.1 Å². The van der Waals surface area contributed by atoms with Gasteiger partial charge in [-0.15, -0.1) is 20.4 Å². The lowest BCUT2D eigenvalue weighted by atomic mass is 10.1. The normalized spacial score (nSPS) is 11.3. The van der Waals surface area contributed by atoms with E-state index in [9.17, 15) is 8.78 Å². The lowest BCUT2D eigenvalue weighted by molar-refractivity contribution is 0.116. The number of halogens is 2. The Morgan fingerprint density at radius 1 is 0.889 bits per heavy atom. The summed E-state index contributed by atoms with van der Waals surface area (Å²) < 4.78 is 32.0. The molecule has 0 aliphatic rings. The Labute approximate surface area is 153 Å². The van der Waals surface area contributed by atoms with Gasteiger partial charge in [0.05, 0.1) is 0 Å². The molecule has 0 atom stereocenters. The Bertz CT molecular complexity index is 1040. The van der Waals surface area contributed by atoms with Crippen LogP contribution in [0.25, 0.3) is 22.8 Å². The van der Waals surface area contributed by atoms with Crippen LogP contribution in [0.1, 0.15) is 23.7 Å². The Balaban J connectivity index is 1.53.